The molecule has 0 spiro atoms. The molecule has 0 aliphatic carbocycles. The zero-order chi connectivity index (χ0) is 17.1. The van der Waals surface area contributed by atoms with E-state index in [1.165, 1.54) is 17.7 Å². The van der Waals surface area contributed by atoms with E-state index >= 15 is 0 Å². The summed E-state index contributed by atoms with van der Waals surface area (Å²) in [4.78, 5) is 16.6. The predicted octanol–water partition coefficient (Wildman–Crippen LogP) is 3.69. The third-order valence-corrected chi connectivity index (χ3v) is 4.59. The minimum atomic E-state index is -0.291. The number of amides is 2. The fourth-order valence-electron chi connectivity index (χ4n) is 2.18. The smallest absolute Gasteiger partial charge is 0.319 e. The van der Waals surface area contributed by atoms with Gasteiger partial charge in [0.05, 0.1) is 6.04 Å². The number of urea groups is 1. The van der Waals surface area contributed by atoms with Gasteiger partial charge in [0.25, 0.3) is 0 Å². The van der Waals surface area contributed by atoms with Gasteiger partial charge in [-0.1, -0.05) is 6.07 Å². The highest BCUT2D eigenvalue weighted by molar-refractivity contribution is 7.09. The molecule has 1 atom stereocenters. The van der Waals surface area contributed by atoms with E-state index in [-0.39, 0.29) is 12.1 Å². The quantitative estimate of drug-likeness (QED) is 0.753. The Morgan fingerprint density at radius 2 is 2.17 bits per heavy atom. The number of nitrogens with one attached hydrogen (secondary N) is 2. The van der Waals surface area contributed by atoms with E-state index in [0.29, 0.717) is 11.6 Å². The molecule has 2 amide bonds. The van der Waals surface area contributed by atoms with Crippen molar-refractivity contribution in [3.63, 3.8) is 0 Å². The first kappa shape index (κ1) is 16.1. The molecule has 2 aromatic heterocycles. The third-order valence-electron chi connectivity index (χ3n) is 3.45. The van der Waals surface area contributed by atoms with Crippen LogP contribution in [0.25, 0.3) is 11.5 Å². The lowest BCUT2D eigenvalue weighted by Crippen LogP contribution is -2.31. The van der Waals surface area contributed by atoms with Crippen molar-refractivity contribution in [3.8, 4) is 11.5 Å². The van der Waals surface area contributed by atoms with Gasteiger partial charge in [0.2, 0.25) is 12.3 Å². The van der Waals surface area contributed by atoms with Crippen molar-refractivity contribution in [1.29, 1.82) is 0 Å². The van der Waals surface area contributed by atoms with E-state index in [4.69, 9.17) is 4.42 Å². The van der Waals surface area contributed by atoms with Gasteiger partial charge in [-0.15, -0.1) is 21.5 Å². The molecule has 3 rings (SSSR count). The molecule has 124 valence electrons. The minimum absolute atomic E-state index is 0.164. The highest BCUT2D eigenvalue weighted by Gasteiger charge is 2.14. The summed E-state index contributed by atoms with van der Waals surface area (Å²) in [6, 6.07) is 5.11. The predicted molar refractivity (Wildman–Crippen MR) is 91.9 cm³/mol. The summed E-state index contributed by atoms with van der Waals surface area (Å²) in [5.41, 5.74) is 3.32. The van der Waals surface area contributed by atoms with E-state index in [9.17, 15) is 4.79 Å². The van der Waals surface area contributed by atoms with Crippen LogP contribution in [0.15, 0.2) is 34.4 Å². The number of hydrogen-bond acceptors (Lipinski definition) is 6. The molecule has 0 bridgehead atoms. The molecule has 24 heavy (non-hydrogen) atoms. The zero-order valence-corrected chi connectivity index (χ0v) is 14.3. The highest BCUT2D eigenvalue weighted by Crippen LogP contribution is 2.24. The van der Waals surface area contributed by atoms with Crippen LogP contribution in [0, 0.1) is 13.8 Å². The van der Waals surface area contributed by atoms with E-state index in [1.807, 2.05) is 38.3 Å². The molecular weight excluding hydrogens is 326 g/mol. The fourth-order valence-corrected chi connectivity index (χ4v) is 2.98. The largest absolute Gasteiger partial charge is 0.423 e. The van der Waals surface area contributed by atoms with E-state index < -0.39 is 0 Å². The number of aryl methyl sites for hydroxylation is 2. The molecule has 1 aromatic carbocycles. The maximum atomic E-state index is 12.3. The van der Waals surface area contributed by atoms with Gasteiger partial charge in [0.1, 0.15) is 5.01 Å². The lowest BCUT2D eigenvalue weighted by molar-refractivity contribution is 0.249. The Balaban J connectivity index is 1.71. The Morgan fingerprint density at radius 1 is 1.33 bits per heavy atom. The third kappa shape index (κ3) is 3.60. The number of carbonyl (C=O) groups excluding carboxylic acids is 1. The Morgan fingerprint density at radius 3 is 2.83 bits per heavy atom. The van der Waals surface area contributed by atoms with Crippen LogP contribution in [0.5, 0.6) is 0 Å². The van der Waals surface area contributed by atoms with Crippen LogP contribution in [0.4, 0.5) is 10.5 Å². The SMILES string of the molecule is Cc1csc([C@@H](C)NC(=O)Nc2cc(-c3nnco3)ccc2C)n1. The van der Waals surface area contributed by atoms with Gasteiger partial charge in [-0.25, -0.2) is 9.78 Å². The Hall–Kier alpha value is -2.74. The molecule has 7 nitrogen and oxygen atoms in total. The molecule has 0 radical (unpaired) electrons. The first-order valence-corrected chi connectivity index (χ1v) is 8.27. The average molecular weight is 343 g/mol. The lowest BCUT2D eigenvalue weighted by Gasteiger charge is -2.14. The summed E-state index contributed by atoms with van der Waals surface area (Å²) in [5.74, 6) is 0.407. The second kappa shape index (κ2) is 6.79. The standard InChI is InChI=1S/C16H17N5O2S/c1-9-4-5-12(14-21-17-8-23-14)6-13(9)20-16(22)19-11(3)15-18-10(2)7-24-15/h4-8,11H,1-3H3,(H2,19,20,22)/t11-/m1/s1. The number of rotatable bonds is 4. The number of thiazole rings is 1. The van der Waals surface area contributed by atoms with Crippen LogP contribution in [0.3, 0.4) is 0 Å². The van der Waals surface area contributed by atoms with Gasteiger partial charge in [0.15, 0.2) is 0 Å². The van der Waals surface area contributed by atoms with E-state index in [1.54, 1.807) is 6.07 Å². The van der Waals surface area contributed by atoms with Crippen molar-refractivity contribution in [3.05, 3.63) is 46.2 Å². The van der Waals surface area contributed by atoms with Crippen molar-refractivity contribution in [1.82, 2.24) is 20.5 Å². The van der Waals surface area contributed by atoms with Crippen LogP contribution in [-0.2, 0) is 0 Å². The molecule has 2 heterocycles. The van der Waals surface area contributed by atoms with Crippen molar-refractivity contribution in [2.24, 2.45) is 0 Å². The summed E-state index contributed by atoms with van der Waals surface area (Å²) in [6.45, 7) is 5.75. The van der Waals surface area contributed by atoms with Gasteiger partial charge in [-0.3, -0.25) is 0 Å². The topological polar surface area (TPSA) is 92.9 Å². The number of carbonyl (C=O) groups is 1. The number of anilines is 1. The van der Waals surface area contributed by atoms with Gasteiger partial charge in [-0.2, -0.15) is 0 Å². The molecular formula is C16H17N5O2S. The van der Waals surface area contributed by atoms with Crippen molar-refractivity contribution >= 4 is 23.1 Å². The maximum absolute atomic E-state index is 12.3. The second-order valence-electron chi connectivity index (χ2n) is 5.42. The van der Waals surface area contributed by atoms with Crippen LogP contribution < -0.4 is 10.6 Å². The first-order valence-electron chi connectivity index (χ1n) is 7.39. The van der Waals surface area contributed by atoms with Gasteiger partial charge in [-0.05, 0) is 38.5 Å². The number of benzene rings is 1. The van der Waals surface area contributed by atoms with Crippen LogP contribution in [0.1, 0.15) is 29.2 Å². The summed E-state index contributed by atoms with van der Waals surface area (Å²) in [5, 5.41) is 16.1. The molecule has 0 saturated heterocycles. The average Bonchev–Trinajstić information content (AvgIpc) is 3.21. The van der Waals surface area contributed by atoms with Gasteiger partial charge >= 0.3 is 6.03 Å². The van der Waals surface area contributed by atoms with E-state index in [2.05, 4.69) is 25.8 Å². The molecule has 3 aromatic rings. The van der Waals surface area contributed by atoms with Crippen molar-refractivity contribution < 1.29 is 9.21 Å². The zero-order valence-electron chi connectivity index (χ0n) is 13.5. The molecule has 8 heteroatoms. The molecule has 0 saturated carbocycles. The molecule has 0 aliphatic heterocycles. The number of nitrogens with zero attached hydrogens (tertiary/aromatic N) is 3. The normalized spacial score (nSPS) is 12.0. The van der Waals surface area contributed by atoms with Crippen molar-refractivity contribution in [2.75, 3.05) is 5.32 Å². The second-order valence-corrected chi connectivity index (χ2v) is 6.31. The summed E-state index contributed by atoms with van der Waals surface area (Å²) in [7, 11) is 0. The molecule has 0 fully saturated rings. The fraction of sp³-hybridized carbons (Fsp3) is 0.250. The summed E-state index contributed by atoms with van der Waals surface area (Å²) >= 11 is 1.53. The lowest BCUT2D eigenvalue weighted by atomic mass is 10.1. The minimum Gasteiger partial charge on any atom is -0.423 e. The Labute approximate surface area is 143 Å². The summed E-state index contributed by atoms with van der Waals surface area (Å²) < 4.78 is 5.19. The molecule has 0 unspecified atom stereocenters. The highest BCUT2D eigenvalue weighted by atomic mass is 32.1. The van der Waals surface area contributed by atoms with Crippen LogP contribution >= 0.6 is 11.3 Å². The van der Waals surface area contributed by atoms with Crippen LogP contribution in [0.2, 0.25) is 0 Å². The monoisotopic (exact) mass is 343 g/mol. The maximum Gasteiger partial charge on any atom is 0.319 e. The Bertz CT molecular complexity index is 844. The van der Waals surface area contributed by atoms with Gasteiger partial charge in [0, 0.05) is 22.3 Å². The number of hydrogen-bond donors (Lipinski definition) is 2. The van der Waals surface area contributed by atoms with Crippen LogP contribution in [-0.4, -0.2) is 21.2 Å². The first-order chi connectivity index (χ1) is 11.5. The van der Waals surface area contributed by atoms with Gasteiger partial charge < -0.3 is 15.1 Å². The Kier molecular flexibility index (Phi) is 4.57. The summed E-state index contributed by atoms with van der Waals surface area (Å²) in [6.07, 6.45) is 1.27. The van der Waals surface area contributed by atoms with Crippen molar-refractivity contribution in [2.45, 2.75) is 26.8 Å². The molecule has 2 N–H and O–H groups in total. The molecule has 0 aliphatic rings. The number of aromatic nitrogens is 3. The van der Waals surface area contributed by atoms with E-state index in [0.717, 1.165) is 21.8 Å².